The first-order chi connectivity index (χ1) is 11.3. The lowest BCUT2D eigenvalue weighted by Gasteiger charge is -2.08. The second-order valence-electron chi connectivity index (χ2n) is 4.95. The summed E-state index contributed by atoms with van der Waals surface area (Å²) in [7, 11) is 0. The Labute approximate surface area is 136 Å². The summed E-state index contributed by atoms with van der Waals surface area (Å²) < 4.78 is 37.9. The van der Waals surface area contributed by atoms with Gasteiger partial charge in [-0.1, -0.05) is 31.2 Å². The van der Waals surface area contributed by atoms with Crippen molar-refractivity contribution in [3.63, 3.8) is 0 Å². The van der Waals surface area contributed by atoms with Crippen LogP contribution in [0.2, 0.25) is 0 Å². The van der Waals surface area contributed by atoms with E-state index in [1.807, 2.05) is 31.2 Å². The second-order valence-corrected chi connectivity index (χ2v) is 4.95. The molecule has 0 saturated carbocycles. The van der Waals surface area contributed by atoms with Gasteiger partial charge in [-0.15, -0.1) is 0 Å². The molecule has 8 heteroatoms. The van der Waals surface area contributed by atoms with Crippen LogP contribution >= 0.6 is 0 Å². The normalized spacial score (nSPS) is 11.7. The van der Waals surface area contributed by atoms with Crippen LogP contribution in [-0.2, 0) is 12.6 Å². The lowest BCUT2D eigenvalue weighted by atomic mass is 10.1. The molecule has 0 bridgehead atoms. The number of nitro groups is 1. The number of nitrogens with one attached hydrogen (secondary N) is 1. The summed E-state index contributed by atoms with van der Waals surface area (Å²) in [5, 5.41) is 14.8. The summed E-state index contributed by atoms with van der Waals surface area (Å²) in [6.45, 7) is 2.02. The maximum Gasteiger partial charge on any atom is 0.416 e. The van der Waals surface area contributed by atoms with Crippen molar-refractivity contribution in [3.05, 3.63) is 69.3 Å². The number of hydrogen-bond donors (Lipinski definition) is 1. The minimum atomic E-state index is -4.65. The fraction of sp³-hybridized carbons (Fsp3) is 0.188. The predicted octanol–water partition coefficient (Wildman–Crippen LogP) is 4.62. The number of anilines is 1. The van der Waals surface area contributed by atoms with Gasteiger partial charge in [-0.25, -0.2) is 0 Å². The van der Waals surface area contributed by atoms with E-state index in [9.17, 15) is 23.3 Å². The third-order valence-corrected chi connectivity index (χ3v) is 3.31. The number of rotatable bonds is 5. The highest BCUT2D eigenvalue weighted by molar-refractivity contribution is 5.80. The van der Waals surface area contributed by atoms with Gasteiger partial charge in [0.15, 0.2) is 0 Å². The van der Waals surface area contributed by atoms with Crippen molar-refractivity contribution in [1.29, 1.82) is 0 Å². The van der Waals surface area contributed by atoms with Crippen molar-refractivity contribution < 1.29 is 18.1 Å². The summed E-state index contributed by atoms with van der Waals surface area (Å²) in [5.74, 6) is 0. The monoisotopic (exact) mass is 337 g/mol. The molecule has 2 rings (SSSR count). The van der Waals surface area contributed by atoms with E-state index in [1.165, 1.54) is 6.21 Å². The Balaban J connectivity index is 2.19. The van der Waals surface area contributed by atoms with Crippen LogP contribution < -0.4 is 5.43 Å². The second kappa shape index (κ2) is 7.12. The smallest absolute Gasteiger partial charge is 0.272 e. The van der Waals surface area contributed by atoms with Crippen molar-refractivity contribution >= 4 is 17.6 Å². The van der Waals surface area contributed by atoms with Gasteiger partial charge in [0, 0.05) is 6.07 Å². The molecule has 0 unspecified atom stereocenters. The van der Waals surface area contributed by atoms with Crippen LogP contribution in [-0.4, -0.2) is 11.1 Å². The van der Waals surface area contributed by atoms with Crippen molar-refractivity contribution in [2.24, 2.45) is 5.10 Å². The molecule has 24 heavy (non-hydrogen) atoms. The first kappa shape index (κ1) is 17.5. The Morgan fingerprint density at radius 1 is 1.21 bits per heavy atom. The van der Waals surface area contributed by atoms with E-state index in [-0.39, 0.29) is 5.69 Å². The van der Waals surface area contributed by atoms with Crippen LogP contribution in [0, 0.1) is 10.1 Å². The molecule has 126 valence electrons. The molecule has 0 atom stereocenters. The predicted molar refractivity (Wildman–Crippen MR) is 85.1 cm³/mol. The largest absolute Gasteiger partial charge is 0.416 e. The summed E-state index contributed by atoms with van der Waals surface area (Å²) in [6.07, 6.45) is -2.32. The third kappa shape index (κ3) is 4.31. The number of alkyl halides is 3. The maximum absolute atomic E-state index is 12.6. The van der Waals surface area contributed by atoms with Crippen LogP contribution in [0.15, 0.2) is 47.6 Å². The Hall–Kier alpha value is -2.90. The summed E-state index contributed by atoms with van der Waals surface area (Å²) >= 11 is 0. The molecule has 0 amide bonds. The van der Waals surface area contributed by atoms with Crippen molar-refractivity contribution in [3.8, 4) is 0 Å². The molecular weight excluding hydrogens is 323 g/mol. The van der Waals surface area contributed by atoms with Crippen LogP contribution in [0.25, 0.3) is 0 Å². The highest BCUT2D eigenvalue weighted by atomic mass is 19.4. The van der Waals surface area contributed by atoms with Gasteiger partial charge in [0.25, 0.3) is 5.69 Å². The lowest BCUT2D eigenvalue weighted by molar-refractivity contribution is -0.384. The lowest BCUT2D eigenvalue weighted by Crippen LogP contribution is -2.06. The molecular formula is C16H14F3N3O2. The molecule has 0 aliphatic heterocycles. The minimum absolute atomic E-state index is 0.116. The zero-order valence-corrected chi connectivity index (χ0v) is 12.7. The van der Waals surface area contributed by atoms with Crippen LogP contribution in [0.1, 0.15) is 23.6 Å². The Kier molecular flexibility index (Phi) is 5.18. The van der Waals surface area contributed by atoms with E-state index in [2.05, 4.69) is 10.5 Å². The number of halogens is 3. The molecule has 5 nitrogen and oxygen atoms in total. The number of hydrogen-bond acceptors (Lipinski definition) is 4. The number of nitro benzene ring substituents is 1. The standard InChI is InChI=1S/C16H14F3N3O2/c1-2-11-3-5-12(6-4-11)10-20-21-14-8-7-13(16(17,18)19)9-15(14)22(23)24/h3-10,21H,2H2,1H3/b20-10-. The van der Waals surface area contributed by atoms with Crippen molar-refractivity contribution in [2.75, 3.05) is 5.43 Å². The Morgan fingerprint density at radius 3 is 2.42 bits per heavy atom. The molecule has 2 aromatic rings. The number of hydrazone groups is 1. The molecule has 0 spiro atoms. The van der Waals surface area contributed by atoms with E-state index >= 15 is 0 Å². The topological polar surface area (TPSA) is 67.5 Å². The fourth-order valence-corrected chi connectivity index (χ4v) is 1.97. The molecule has 0 radical (unpaired) electrons. The zero-order chi connectivity index (χ0) is 17.7. The molecule has 0 saturated heterocycles. The molecule has 0 aliphatic rings. The summed E-state index contributed by atoms with van der Waals surface area (Å²) in [6, 6.07) is 9.72. The highest BCUT2D eigenvalue weighted by Crippen LogP contribution is 2.34. The van der Waals surface area contributed by atoms with Crippen LogP contribution in [0.3, 0.4) is 0 Å². The maximum atomic E-state index is 12.6. The van der Waals surface area contributed by atoms with Gasteiger partial charge in [0.1, 0.15) is 5.69 Å². The number of aryl methyl sites for hydroxylation is 1. The van der Waals surface area contributed by atoms with Crippen molar-refractivity contribution in [1.82, 2.24) is 0 Å². The van der Waals surface area contributed by atoms with E-state index in [1.54, 1.807) is 0 Å². The van der Waals surface area contributed by atoms with Gasteiger partial charge in [-0.2, -0.15) is 18.3 Å². The number of nitrogens with zero attached hydrogens (tertiary/aromatic N) is 2. The minimum Gasteiger partial charge on any atom is -0.272 e. The molecule has 0 fully saturated rings. The van der Waals surface area contributed by atoms with Gasteiger partial charge < -0.3 is 0 Å². The van der Waals surface area contributed by atoms with Gasteiger partial charge in [0.05, 0.1) is 16.7 Å². The van der Waals surface area contributed by atoms with Crippen LogP contribution in [0.5, 0.6) is 0 Å². The summed E-state index contributed by atoms with van der Waals surface area (Å²) in [5.41, 5.74) is 2.43. The third-order valence-electron chi connectivity index (χ3n) is 3.31. The molecule has 0 aliphatic carbocycles. The first-order valence-corrected chi connectivity index (χ1v) is 7.05. The molecule has 0 heterocycles. The highest BCUT2D eigenvalue weighted by Gasteiger charge is 2.33. The summed E-state index contributed by atoms with van der Waals surface area (Å²) in [4.78, 5) is 10.1. The average Bonchev–Trinajstić information content (AvgIpc) is 2.54. The molecule has 1 N–H and O–H groups in total. The van der Waals surface area contributed by atoms with Gasteiger partial charge in [-0.3, -0.25) is 15.5 Å². The average molecular weight is 337 g/mol. The van der Waals surface area contributed by atoms with Crippen LogP contribution in [0.4, 0.5) is 24.5 Å². The Bertz CT molecular complexity index is 756. The van der Waals surface area contributed by atoms with Gasteiger partial charge in [-0.05, 0) is 29.7 Å². The first-order valence-electron chi connectivity index (χ1n) is 7.05. The van der Waals surface area contributed by atoms with E-state index in [0.717, 1.165) is 29.7 Å². The van der Waals surface area contributed by atoms with Crippen molar-refractivity contribution in [2.45, 2.75) is 19.5 Å². The van der Waals surface area contributed by atoms with E-state index in [0.29, 0.717) is 6.07 Å². The quantitative estimate of drug-likeness (QED) is 0.492. The van der Waals surface area contributed by atoms with E-state index < -0.39 is 22.4 Å². The SMILES string of the molecule is CCc1ccc(/C=N\Nc2ccc(C(F)(F)F)cc2[N+](=O)[O-])cc1. The fourth-order valence-electron chi connectivity index (χ4n) is 1.97. The van der Waals surface area contributed by atoms with E-state index in [4.69, 9.17) is 0 Å². The molecule has 0 aromatic heterocycles. The number of benzene rings is 2. The molecule has 2 aromatic carbocycles. The Morgan fingerprint density at radius 2 is 1.88 bits per heavy atom. The van der Waals surface area contributed by atoms with Gasteiger partial charge >= 0.3 is 6.18 Å². The van der Waals surface area contributed by atoms with Gasteiger partial charge in [0.2, 0.25) is 0 Å². The zero-order valence-electron chi connectivity index (χ0n) is 12.7.